The molecule has 1 aliphatic carbocycles. The van der Waals surface area contributed by atoms with E-state index in [0.717, 1.165) is 29.0 Å². The van der Waals surface area contributed by atoms with Gasteiger partial charge in [-0.1, -0.05) is 0 Å². The molecular formula is C20H25ClFN3O4. The summed E-state index contributed by atoms with van der Waals surface area (Å²) in [7, 11) is 0. The zero-order valence-electron chi connectivity index (χ0n) is 16.4. The topological polar surface area (TPSA) is 97.3 Å². The SMILES string of the molecule is Cc1c(N2CCOC(C(C)N)C2)c(F)cn2c(=O)c(C(=O)O)cc(C3CC3)c12.Cl. The van der Waals surface area contributed by atoms with Gasteiger partial charge >= 0.3 is 5.97 Å². The first-order valence-corrected chi connectivity index (χ1v) is 9.53. The van der Waals surface area contributed by atoms with Gasteiger partial charge in [0.2, 0.25) is 0 Å². The van der Waals surface area contributed by atoms with Crippen LogP contribution < -0.4 is 16.2 Å². The molecule has 0 aromatic carbocycles. The summed E-state index contributed by atoms with van der Waals surface area (Å²) in [5.41, 5.74) is 7.40. The van der Waals surface area contributed by atoms with Crippen LogP contribution in [0.3, 0.4) is 0 Å². The quantitative estimate of drug-likeness (QED) is 0.780. The molecule has 2 atom stereocenters. The van der Waals surface area contributed by atoms with Gasteiger partial charge in [-0.05, 0) is 49.8 Å². The lowest BCUT2D eigenvalue weighted by Gasteiger charge is -2.37. The number of aromatic nitrogens is 1. The molecular weight excluding hydrogens is 401 g/mol. The molecule has 0 bridgehead atoms. The Morgan fingerprint density at radius 3 is 2.69 bits per heavy atom. The maximum Gasteiger partial charge on any atom is 0.341 e. The molecule has 2 fully saturated rings. The summed E-state index contributed by atoms with van der Waals surface area (Å²) >= 11 is 0. The zero-order valence-corrected chi connectivity index (χ0v) is 17.2. The molecule has 3 heterocycles. The number of hydrogen-bond acceptors (Lipinski definition) is 5. The van der Waals surface area contributed by atoms with Crippen molar-refractivity contribution in [2.45, 2.75) is 44.8 Å². The number of ether oxygens (including phenoxy) is 1. The van der Waals surface area contributed by atoms with Gasteiger partial charge in [-0.15, -0.1) is 12.4 Å². The standard InChI is InChI=1S/C20H24FN3O4.ClH/c1-10-17-13(12-3-4-12)7-14(20(26)27)19(25)24(17)8-15(21)18(10)23-5-6-28-16(9-23)11(2)22;/h7-8,11-12,16H,3-6,9,22H2,1-2H3,(H,26,27);1H. The van der Waals surface area contributed by atoms with Gasteiger partial charge in [0.1, 0.15) is 5.56 Å². The summed E-state index contributed by atoms with van der Waals surface area (Å²) in [5, 5.41) is 9.39. The van der Waals surface area contributed by atoms with Crippen LogP contribution in [-0.4, -0.2) is 47.3 Å². The van der Waals surface area contributed by atoms with E-state index in [4.69, 9.17) is 10.5 Å². The fraction of sp³-hybridized carbons (Fsp3) is 0.500. The average molecular weight is 426 g/mol. The third-order valence-corrected chi connectivity index (χ3v) is 5.69. The van der Waals surface area contributed by atoms with E-state index in [1.54, 1.807) is 6.92 Å². The van der Waals surface area contributed by atoms with Crippen molar-refractivity contribution in [1.29, 1.82) is 0 Å². The van der Waals surface area contributed by atoms with Crippen molar-refractivity contribution in [2.24, 2.45) is 5.73 Å². The number of nitrogens with zero attached hydrogens (tertiary/aromatic N) is 2. The highest BCUT2D eigenvalue weighted by Crippen LogP contribution is 2.44. The zero-order chi connectivity index (χ0) is 20.2. The molecule has 0 spiro atoms. The van der Waals surface area contributed by atoms with Crippen molar-refractivity contribution in [1.82, 2.24) is 4.40 Å². The molecule has 0 amide bonds. The van der Waals surface area contributed by atoms with Crippen molar-refractivity contribution in [3.63, 3.8) is 0 Å². The van der Waals surface area contributed by atoms with Crippen LogP contribution in [-0.2, 0) is 4.74 Å². The third-order valence-electron chi connectivity index (χ3n) is 5.69. The van der Waals surface area contributed by atoms with Gasteiger partial charge in [-0.3, -0.25) is 9.20 Å². The van der Waals surface area contributed by atoms with Crippen LogP contribution in [0, 0.1) is 12.7 Å². The van der Waals surface area contributed by atoms with Crippen LogP contribution in [0.15, 0.2) is 17.1 Å². The van der Waals surface area contributed by atoms with Gasteiger partial charge in [-0.2, -0.15) is 0 Å². The number of aromatic carboxylic acids is 1. The second-order valence-electron chi connectivity index (χ2n) is 7.78. The van der Waals surface area contributed by atoms with Crippen LogP contribution in [0.5, 0.6) is 0 Å². The van der Waals surface area contributed by atoms with E-state index in [-0.39, 0.29) is 36.0 Å². The second kappa shape index (κ2) is 7.93. The number of anilines is 1. The van der Waals surface area contributed by atoms with E-state index < -0.39 is 17.3 Å². The summed E-state index contributed by atoms with van der Waals surface area (Å²) < 4.78 is 22.0. The minimum absolute atomic E-state index is 0. The Bertz CT molecular complexity index is 1020. The van der Waals surface area contributed by atoms with Crippen LogP contribution in [0.1, 0.15) is 47.2 Å². The number of halogens is 2. The van der Waals surface area contributed by atoms with E-state index in [2.05, 4.69) is 0 Å². The van der Waals surface area contributed by atoms with E-state index >= 15 is 4.39 Å². The lowest BCUT2D eigenvalue weighted by Crippen LogP contribution is -2.50. The molecule has 2 aliphatic rings. The predicted molar refractivity (Wildman–Crippen MR) is 110 cm³/mol. The number of fused-ring (bicyclic) bond motifs is 1. The number of nitrogens with two attached hydrogens (primary N) is 1. The first-order valence-electron chi connectivity index (χ1n) is 9.53. The molecule has 7 nitrogen and oxygen atoms in total. The molecule has 29 heavy (non-hydrogen) atoms. The van der Waals surface area contributed by atoms with E-state index in [1.165, 1.54) is 6.07 Å². The summed E-state index contributed by atoms with van der Waals surface area (Å²) in [6, 6.07) is 1.28. The van der Waals surface area contributed by atoms with Gasteiger partial charge < -0.3 is 20.5 Å². The van der Waals surface area contributed by atoms with E-state index in [1.807, 2.05) is 11.8 Å². The Labute approximate surface area is 173 Å². The minimum Gasteiger partial charge on any atom is -0.477 e. The molecule has 2 aromatic rings. The van der Waals surface area contributed by atoms with Crippen LogP contribution >= 0.6 is 12.4 Å². The van der Waals surface area contributed by atoms with Gasteiger partial charge in [0.25, 0.3) is 5.56 Å². The molecule has 1 aliphatic heterocycles. The van der Waals surface area contributed by atoms with Crippen molar-refractivity contribution in [3.8, 4) is 0 Å². The third kappa shape index (κ3) is 3.72. The lowest BCUT2D eigenvalue weighted by molar-refractivity contribution is 0.0273. The number of carbonyl (C=O) groups is 1. The van der Waals surface area contributed by atoms with Crippen LogP contribution in [0.2, 0.25) is 0 Å². The highest BCUT2D eigenvalue weighted by Gasteiger charge is 2.32. The molecule has 4 rings (SSSR count). The molecule has 1 saturated heterocycles. The highest BCUT2D eigenvalue weighted by atomic mass is 35.5. The number of carboxylic acid groups (broad SMARTS) is 1. The Hall–Kier alpha value is -2.16. The number of hydrogen-bond donors (Lipinski definition) is 2. The highest BCUT2D eigenvalue weighted by molar-refractivity contribution is 5.89. The van der Waals surface area contributed by atoms with Gasteiger partial charge in [0.15, 0.2) is 5.82 Å². The Kier molecular flexibility index (Phi) is 5.89. The molecule has 2 aromatic heterocycles. The Morgan fingerprint density at radius 2 is 2.10 bits per heavy atom. The maximum atomic E-state index is 15.1. The van der Waals surface area contributed by atoms with Crippen LogP contribution in [0.25, 0.3) is 5.52 Å². The number of carboxylic acids is 1. The van der Waals surface area contributed by atoms with Crippen molar-refractivity contribution in [2.75, 3.05) is 24.6 Å². The number of aryl methyl sites for hydroxylation is 1. The monoisotopic (exact) mass is 425 g/mol. The molecule has 1 saturated carbocycles. The molecule has 2 unspecified atom stereocenters. The lowest BCUT2D eigenvalue weighted by atomic mass is 10.0. The van der Waals surface area contributed by atoms with Crippen molar-refractivity contribution >= 4 is 29.6 Å². The predicted octanol–water partition coefficient (Wildman–Crippen LogP) is 2.30. The number of rotatable bonds is 4. The first-order chi connectivity index (χ1) is 13.3. The summed E-state index contributed by atoms with van der Waals surface area (Å²) in [6.45, 7) is 5.07. The fourth-order valence-electron chi connectivity index (χ4n) is 4.09. The second-order valence-corrected chi connectivity index (χ2v) is 7.78. The molecule has 3 N–H and O–H groups in total. The molecule has 0 radical (unpaired) electrons. The molecule has 9 heteroatoms. The Morgan fingerprint density at radius 1 is 1.41 bits per heavy atom. The van der Waals surface area contributed by atoms with E-state index in [9.17, 15) is 14.7 Å². The largest absolute Gasteiger partial charge is 0.477 e. The summed E-state index contributed by atoms with van der Waals surface area (Å²) in [5.74, 6) is -1.65. The molecule has 158 valence electrons. The van der Waals surface area contributed by atoms with Crippen molar-refractivity contribution < 1.29 is 19.0 Å². The minimum atomic E-state index is -1.30. The fourth-order valence-corrected chi connectivity index (χ4v) is 4.09. The average Bonchev–Trinajstić information content (AvgIpc) is 3.47. The summed E-state index contributed by atoms with van der Waals surface area (Å²) in [4.78, 5) is 26.1. The number of morpholine rings is 1. The van der Waals surface area contributed by atoms with Gasteiger partial charge in [-0.25, -0.2) is 9.18 Å². The van der Waals surface area contributed by atoms with Gasteiger partial charge in [0, 0.05) is 19.1 Å². The van der Waals surface area contributed by atoms with Crippen LogP contribution in [0.4, 0.5) is 10.1 Å². The van der Waals surface area contributed by atoms with Gasteiger partial charge in [0.05, 0.1) is 30.1 Å². The number of pyridine rings is 2. The van der Waals surface area contributed by atoms with Crippen molar-refractivity contribution in [3.05, 3.63) is 45.1 Å². The smallest absolute Gasteiger partial charge is 0.341 e. The summed E-state index contributed by atoms with van der Waals surface area (Å²) in [6.07, 6.45) is 2.78. The first kappa shape index (κ1) is 21.5. The van der Waals surface area contributed by atoms with E-state index in [0.29, 0.717) is 36.5 Å². The Balaban J connectivity index is 0.00000240. The normalized spacial score (nSPS) is 20.4. The maximum absolute atomic E-state index is 15.1.